The minimum absolute atomic E-state index is 0.0414. The van der Waals surface area contributed by atoms with Crippen LogP contribution in [0, 0.1) is 0 Å². The number of hydrogen-bond donors (Lipinski definition) is 1. The second-order valence-corrected chi connectivity index (χ2v) is 6.73. The van der Waals surface area contributed by atoms with Crippen LogP contribution in [0.2, 0.25) is 10.0 Å². The third kappa shape index (κ3) is 4.17. The molecule has 2 heterocycles. The van der Waals surface area contributed by atoms with Crippen molar-refractivity contribution in [3.63, 3.8) is 0 Å². The standard InChI is InChI=1S/C14H14Cl2N4O2S/c15-10-2-1-9(5-11(10)16)12-6-20(3-4-22-12)13(21)7-23-14-17-8-18-19-14/h1-2,5,8,12H,3-4,6-7H2,(H,17,18,19)/t12-/m1/s1. The molecule has 3 rings (SSSR count). The summed E-state index contributed by atoms with van der Waals surface area (Å²) in [6.45, 7) is 1.56. The molecule has 2 aromatic rings. The molecule has 1 amide bonds. The number of nitrogens with one attached hydrogen (secondary N) is 1. The fourth-order valence-electron chi connectivity index (χ4n) is 2.28. The van der Waals surface area contributed by atoms with Crippen molar-refractivity contribution in [2.24, 2.45) is 0 Å². The van der Waals surface area contributed by atoms with Crippen molar-refractivity contribution in [1.82, 2.24) is 20.1 Å². The van der Waals surface area contributed by atoms with Gasteiger partial charge in [-0.3, -0.25) is 9.89 Å². The molecule has 6 nitrogen and oxygen atoms in total. The van der Waals surface area contributed by atoms with Gasteiger partial charge in [-0.25, -0.2) is 4.98 Å². The third-order valence-corrected chi connectivity index (χ3v) is 5.06. The van der Waals surface area contributed by atoms with Crippen LogP contribution in [0.25, 0.3) is 0 Å². The van der Waals surface area contributed by atoms with E-state index in [0.717, 1.165) is 5.56 Å². The van der Waals surface area contributed by atoms with Gasteiger partial charge < -0.3 is 9.64 Å². The summed E-state index contributed by atoms with van der Waals surface area (Å²) in [6, 6.07) is 5.39. The first-order valence-electron chi connectivity index (χ1n) is 6.96. The molecule has 0 saturated carbocycles. The monoisotopic (exact) mass is 372 g/mol. The van der Waals surface area contributed by atoms with Gasteiger partial charge in [0.05, 0.1) is 28.9 Å². The molecule has 23 heavy (non-hydrogen) atoms. The summed E-state index contributed by atoms with van der Waals surface area (Å²) in [7, 11) is 0. The maximum Gasteiger partial charge on any atom is 0.233 e. The van der Waals surface area contributed by atoms with Crippen molar-refractivity contribution < 1.29 is 9.53 Å². The number of nitrogens with zero attached hydrogens (tertiary/aromatic N) is 3. The summed E-state index contributed by atoms with van der Waals surface area (Å²) in [5.74, 6) is 0.350. The minimum atomic E-state index is -0.197. The third-order valence-electron chi connectivity index (χ3n) is 3.46. The van der Waals surface area contributed by atoms with Crippen molar-refractivity contribution in [3.8, 4) is 0 Å². The van der Waals surface area contributed by atoms with Crippen molar-refractivity contribution in [2.75, 3.05) is 25.4 Å². The highest BCUT2D eigenvalue weighted by Gasteiger charge is 2.25. The second kappa shape index (κ2) is 7.53. The molecule has 1 aromatic carbocycles. The number of morpholine rings is 1. The predicted molar refractivity (Wildman–Crippen MR) is 88.8 cm³/mol. The van der Waals surface area contributed by atoms with Crippen molar-refractivity contribution in [3.05, 3.63) is 40.1 Å². The van der Waals surface area contributed by atoms with Crippen LogP contribution in [0.5, 0.6) is 0 Å². The van der Waals surface area contributed by atoms with Crippen molar-refractivity contribution >= 4 is 40.9 Å². The summed E-state index contributed by atoms with van der Waals surface area (Å²) < 4.78 is 5.76. The van der Waals surface area contributed by atoms with E-state index in [-0.39, 0.29) is 12.0 Å². The Morgan fingerprint density at radius 2 is 2.30 bits per heavy atom. The van der Waals surface area contributed by atoms with Gasteiger partial charge in [0.25, 0.3) is 0 Å². The summed E-state index contributed by atoms with van der Waals surface area (Å²) in [6.07, 6.45) is 1.22. The SMILES string of the molecule is O=C(CSc1ncn[nH]1)N1CCO[C@@H](c2ccc(Cl)c(Cl)c2)C1. The molecule has 1 aliphatic rings. The van der Waals surface area contributed by atoms with E-state index in [1.54, 1.807) is 17.0 Å². The summed E-state index contributed by atoms with van der Waals surface area (Å²) in [5.41, 5.74) is 0.916. The molecular weight excluding hydrogens is 359 g/mol. The highest BCUT2D eigenvalue weighted by atomic mass is 35.5. The molecular formula is C14H14Cl2N4O2S. The Bertz CT molecular complexity index is 683. The van der Waals surface area contributed by atoms with Crippen molar-refractivity contribution in [2.45, 2.75) is 11.3 Å². The highest BCUT2D eigenvalue weighted by Crippen LogP contribution is 2.29. The van der Waals surface area contributed by atoms with Crippen molar-refractivity contribution in [1.29, 1.82) is 0 Å². The molecule has 122 valence electrons. The lowest BCUT2D eigenvalue weighted by Crippen LogP contribution is -2.43. The van der Waals surface area contributed by atoms with Gasteiger partial charge in [-0.05, 0) is 17.7 Å². The lowest BCUT2D eigenvalue weighted by molar-refractivity contribution is -0.136. The average molecular weight is 373 g/mol. The lowest BCUT2D eigenvalue weighted by Gasteiger charge is -2.33. The molecule has 1 fully saturated rings. The predicted octanol–water partition coefficient (Wildman–Crippen LogP) is 2.80. The van der Waals surface area contributed by atoms with Crippen LogP contribution in [-0.2, 0) is 9.53 Å². The van der Waals surface area contributed by atoms with E-state index < -0.39 is 0 Å². The molecule has 9 heteroatoms. The number of H-pyrrole nitrogens is 1. The van der Waals surface area contributed by atoms with E-state index in [1.165, 1.54) is 18.1 Å². The van der Waals surface area contributed by atoms with E-state index in [0.29, 0.717) is 40.7 Å². The number of benzene rings is 1. The largest absolute Gasteiger partial charge is 0.370 e. The number of carbonyl (C=O) groups excluding carboxylic acids is 1. The number of ether oxygens (including phenoxy) is 1. The second-order valence-electron chi connectivity index (χ2n) is 4.95. The fraction of sp³-hybridized carbons (Fsp3) is 0.357. The first kappa shape index (κ1) is 16.6. The van der Waals surface area contributed by atoms with Crippen LogP contribution in [0.1, 0.15) is 11.7 Å². The Kier molecular flexibility index (Phi) is 5.42. The number of carbonyl (C=O) groups is 1. The van der Waals surface area contributed by atoms with E-state index in [9.17, 15) is 4.79 Å². The number of halogens is 2. The minimum Gasteiger partial charge on any atom is -0.370 e. The summed E-state index contributed by atoms with van der Waals surface area (Å²) >= 11 is 13.3. The molecule has 0 radical (unpaired) electrons. The van der Waals surface area contributed by atoms with Gasteiger partial charge in [0.15, 0.2) is 5.16 Å². The first-order valence-corrected chi connectivity index (χ1v) is 8.70. The Balaban J connectivity index is 1.60. The van der Waals surface area contributed by atoms with Crippen LogP contribution in [-0.4, -0.2) is 51.4 Å². The number of hydrogen-bond acceptors (Lipinski definition) is 5. The molecule has 0 aliphatic carbocycles. The molecule has 0 spiro atoms. The van der Waals surface area contributed by atoms with Crippen LogP contribution < -0.4 is 0 Å². The van der Waals surface area contributed by atoms with Crippen LogP contribution in [0.3, 0.4) is 0 Å². The maximum absolute atomic E-state index is 12.3. The summed E-state index contributed by atoms with van der Waals surface area (Å²) in [4.78, 5) is 18.1. The number of amides is 1. The first-order chi connectivity index (χ1) is 11.1. The van der Waals surface area contributed by atoms with Gasteiger partial charge >= 0.3 is 0 Å². The van der Waals surface area contributed by atoms with Gasteiger partial charge in [0.2, 0.25) is 5.91 Å². The van der Waals surface area contributed by atoms with Gasteiger partial charge in [-0.1, -0.05) is 41.0 Å². The van der Waals surface area contributed by atoms with Gasteiger partial charge in [-0.2, -0.15) is 5.10 Å². The molecule has 1 aliphatic heterocycles. The number of aromatic amines is 1. The Morgan fingerprint density at radius 1 is 1.43 bits per heavy atom. The van der Waals surface area contributed by atoms with Gasteiger partial charge in [0.1, 0.15) is 12.4 Å². The van der Waals surface area contributed by atoms with Gasteiger partial charge in [0, 0.05) is 6.54 Å². The number of rotatable bonds is 4. The maximum atomic E-state index is 12.3. The van der Waals surface area contributed by atoms with E-state index in [4.69, 9.17) is 27.9 Å². The Labute approximate surface area is 147 Å². The molecule has 1 atom stereocenters. The average Bonchev–Trinajstić information content (AvgIpc) is 3.09. The number of thioether (sulfide) groups is 1. The topological polar surface area (TPSA) is 71.1 Å². The van der Waals surface area contributed by atoms with Crippen LogP contribution in [0.4, 0.5) is 0 Å². The van der Waals surface area contributed by atoms with E-state index in [2.05, 4.69) is 15.2 Å². The smallest absolute Gasteiger partial charge is 0.233 e. The Hall–Kier alpha value is -1.28. The van der Waals surface area contributed by atoms with E-state index in [1.807, 2.05) is 6.07 Å². The highest BCUT2D eigenvalue weighted by molar-refractivity contribution is 7.99. The van der Waals surface area contributed by atoms with Gasteiger partial charge in [-0.15, -0.1) is 0 Å². The zero-order valence-corrected chi connectivity index (χ0v) is 14.4. The quantitative estimate of drug-likeness (QED) is 0.835. The molecule has 0 unspecified atom stereocenters. The zero-order chi connectivity index (χ0) is 16.2. The van der Waals surface area contributed by atoms with E-state index >= 15 is 0 Å². The fourth-order valence-corrected chi connectivity index (χ4v) is 3.26. The molecule has 0 bridgehead atoms. The van der Waals surface area contributed by atoms with Crippen LogP contribution >= 0.6 is 35.0 Å². The summed E-state index contributed by atoms with van der Waals surface area (Å²) in [5, 5.41) is 8.09. The zero-order valence-electron chi connectivity index (χ0n) is 12.0. The molecule has 1 aromatic heterocycles. The molecule has 1 saturated heterocycles. The normalized spacial score (nSPS) is 18.2. The lowest BCUT2D eigenvalue weighted by atomic mass is 10.1. The Morgan fingerprint density at radius 3 is 3.04 bits per heavy atom. The number of aromatic nitrogens is 3. The molecule has 1 N–H and O–H groups in total. The van der Waals surface area contributed by atoms with Crippen LogP contribution in [0.15, 0.2) is 29.7 Å².